The molecule has 4 heavy (non-hydrogen) atoms. The Bertz CT molecular complexity index is 6.00. The number of hydrogen-bond donors (Lipinski definition) is 0. The molecule has 0 aromatic carbocycles. The number of hydrogen-bond acceptors (Lipinski definition) is 1. The van der Waals surface area contributed by atoms with Crippen molar-refractivity contribution in [3.8, 4) is 0 Å². The fourth-order valence-electron chi connectivity index (χ4n) is 0. The van der Waals surface area contributed by atoms with Crippen molar-refractivity contribution in [2.24, 2.45) is 0 Å². The second kappa shape index (κ2) is 40.5. The molecule has 0 unspecified atom stereocenters. The van der Waals surface area contributed by atoms with Crippen molar-refractivity contribution in [3.05, 3.63) is 0 Å². The van der Waals surface area contributed by atoms with Crippen LogP contribution < -0.4 is 0 Å². The SMILES string of the molecule is Cl.Cl.[O]=[Fe]. The van der Waals surface area contributed by atoms with Crippen molar-refractivity contribution in [2.45, 2.75) is 0 Å². The molecule has 0 rings (SSSR count). The Kier molecular flexibility index (Phi) is 209. The van der Waals surface area contributed by atoms with E-state index in [1.165, 1.54) is 0 Å². The van der Waals surface area contributed by atoms with Gasteiger partial charge in [-0.1, -0.05) is 0 Å². The molecule has 0 N–H and O–H groups in total. The van der Waals surface area contributed by atoms with Crippen molar-refractivity contribution < 1.29 is 19.8 Å². The molecule has 0 heterocycles. The number of rotatable bonds is 0. The van der Waals surface area contributed by atoms with Crippen LogP contribution in [0.25, 0.3) is 0 Å². The summed E-state index contributed by atoms with van der Waals surface area (Å²) >= 11 is 2.00. The second-order valence-corrected chi connectivity index (χ2v) is 0. The molecule has 0 fully saturated rings. The van der Waals surface area contributed by atoms with Crippen LogP contribution in [-0.4, -0.2) is 0 Å². The van der Waals surface area contributed by atoms with Crippen LogP contribution in [0.15, 0.2) is 0 Å². The van der Waals surface area contributed by atoms with Crippen LogP contribution in [0.5, 0.6) is 0 Å². The molecule has 0 saturated carbocycles. The van der Waals surface area contributed by atoms with Gasteiger partial charge in [-0.2, -0.15) is 0 Å². The van der Waals surface area contributed by atoms with E-state index in [4.69, 9.17) is 3.83 Å². The monoisotopic (exact) mass is 144 g/mol. The van der Waals surface area contributed by atoms with Gasteiger partial charge in [0, 0.05) is 0 Å². The van der Waals surface area contributed by atoms with E-state index in [-0.39, 0.29) is 24.8 Å². The average molecular weight is 145 g/mol. The van der Waals surface area contributed by atoms with Crippen LogP contribution in [0, 0.1) is 0 Å². The second-order valence-electron chi connectivity index (χ2n) is 0. The van der Waals surface area contributed by atoms with Crippen LogP contribution in [0.1, 0.15) is 0 Å². The van der Waals surface area contributed by atoms with E-state index in [2.05, 4.69) is 0 Å². The molecule has 0 aliphatic carbocycles. The van der Waals surface area contributed by atoms with Crippen LogP contribution in [0.2, 0.25) is 0 Å². The normalized spacial score (nSPS) is 1.25. The maximum absolute atomic E-state index is 8.00. The van der Waals surface area contributed by atoms with Crippen LogP contribution in [0.4, 0.5) is 0 Å². The molecule has 0 radical (unpaired) electrons. The molecule has 4 heteroatoms. The van der Waals surface area contributed by atoms with E-state index in [0.29, 0.717) is 0 Å². The van der Waals surface area contributed by atoms with Crippen molar-refractivity contribution in [2.75, 3.05) is 0 Å². The van der Waals surface area contributed by atoms with E-state index in [0.717, 1.165) is 0 Å². The Labute approximate surface area is 45.0 Å². The molecule has 0 atom stereocenters. The minimum atomic E-state index is 0. The van der Waals surface area contributed by atoms with Gasteiger partial charge in [0.2, 0.25) is 0 Å². The van der Waals surface area contributed by atoms with Crippen molar-refractivity contribution in [1.82, 2.24) is 0 Å². The van der Waals surface area contributed by atoms with Crippen LogP contribution >= 0.6 is 24.8 Å². The summed E-state index contributed by atoms with van der Waals surface area (Å²) in [6.07, 6.45) is 0. The first-order valence-corrected chi connectivity index (χ1v) is 0.595. The Balaban J connectivity index is -0.00000000500. The molecule has 0 aromatic rings. The van der Waals surface area contributed by atoms with Crippen LogP contribution in [-0.2, 0) is 19.8 Å². The first-order valence-electron chi connectivity index (χ1n) is 0.144. The Morgan fingerprint density at radius 3 is 1.00 bits per heavy atom. The summed E-state index contributed by atoms with van der Waals surface area (Å²) in [4.78, 5) is 0. The van der Waals surface area contributed by atoms with Gasteiger partial charge in [-0.05, 0) is 0 Å². The van der Waals surface area contributed by atoms with Crippen LogP contribution in [0.3, 0.4) is 0 Å². The minimum absolute atomic E-state index is 0. The van der Waals surface area contributed by atoms with E-state index < -0.39 is 0 Å². The molecule has 30 valence electrons. The summed E-state index contributed by atoms with van der Waals surface area (Å²) in [5.74, 6) is 0. The van der Waals surface area contributed by atoms with E-state index >= 15 is 0 Å². The quantitative estimate of drug-likeness (QED) is 0.458. The number of halogens is 2. The predicted octanol–water partition coefficient (Wildman–Crippen LogP) is 0.722. The molecule has 0 spiro atoms. The summed E-state index contributed by atoms with van der Waals surface area (Å²) < 4.78 is 8.00. The topological polar surface area (TPSA) is 17.1 Å². The fraction of sp³-hybridized carbons (Fsp3) is 0. The van der Waals surface area contributed by atoms with E-state index in [1.54, 1.807) is 0 Å². The Morgan fingerprint density at radius 1 is 1.00 bits per heavy atom. The van der Waals surface area contributed by atoms with Gasteiger partial charge in [0.25, 0.3) is 0 Å². The van der Waals surface area contributed by atoms with Gasteiger partial charge in [0.1, 0.15) is 0 Å². The first-order chi connectivity index (χ1) is 1.00. The van der Waals surface area contributed by atoms with Gasteiger partial charge < -0.3 is 0 Å². The molecular weight excluding hydrogens is 143 g/mol. The molecule has 0 aliphatic rings. The van der Waals surface area contributed by atoms with Crippen molar-refractivity contribution in [3.63, 3.8) is 0 Å². The summed E-state index contributed by atoms with van der Waals surface area (Å²) in [7, 11) is 0. The Morgan fingerprint density at radius 2 is 1.00 bits per heavy atom. The predicted molar refractivity (Wildman–Crippen MR) is 15.2 cm³/mol. The first kappa shape index (κ1) is 20.6. The zero-order valence-corrected chi connectivity index (χ0v) is 4.32. The summed E-state index contributed by atoms with van der Waals surface area (Å²) in [5.41, 5.74) is 0. The van der Waals surface area contributed by atoms with Gasteiger partial charge in [0.15, 0.2) is 0 Å². The molecule has 0 aromatic heterocycles. The van der Waals surface area contributed by atoms with Gasteiger partial charge >= 0.3 is 19.8 Å². The zero-order valence-electron chi connectivity index (χ0n) is 1.58. The molecule has 1 nitrogen and oxygen atoms in total. The fourth-order valence-corrected chi connectivity index (χ4v) is 0. The molecular formula is H2Cl2FeO. The van der Waals surface area contributed by atoms with E-state index in [9.17, 15) is 0 Å². The Hall–Kier alpha value is 0.899. The van der Waals surface area contributed by atoms with E-state index in [1.807, 2.05) is 15.9 Å². The molecule has 0 amide bonds. The zero-order chi connectivity index (χ0) is 2.00. The standard InChI is InChI=1S/2ClH.Fe.O/h2*1H;;. The summed E-state index contributed by atoms with van der Waals surface area (Å²) in [6, 6.07) is 0. The average Bonchev–Trinajstić information content (AvgIpc) is 1.00. The summed E-state index contributed by atoms with van der Waals surface area (Å²) in [5, 5.41) is 0. The van der Waals surface area contributed by atoms with Crippen molar-refractivity contribution in [1.29, 1.82) is 0 Å². The summed E-state index contributed by atoms with van der Waals surface area (Å²) in [6.45, 7) is 0. The maximum atomic E-state index is 8.00. The van der Waals surface area contributed by atoms with Gasteiger partial charge in [0.05, 0.1) is 0 Å². The third-order valence-corrected chi connectivity index (χ3v) is 0. The van der Waals surface area contributed by atoms with Gasteiger partial charge in [-0.25, -0.2) is 0 Å². The molecule has 0 bridgehead atoms. The third kappa shape index (κ3) is 12.9. The molecule has 0 aliphatic heterocycles. The van der Waals surface area contributed by atoms with Gasteiger partial charge in [-0.3, -0.25) is 0 Å². The van der Waals surface area contributed by atoms with Gasteiger partial charge in [-0.15, -0.1) is 24.8 Å². The molecule has 0 saturated heterocycles. The third-order valence-electron chi connectivity index (χ3n) is 0. The van der Waals surface area contributed by atoms with Crippen molar-refractivity contribution >= 4 is 24.8 Å².